The summed E-state index contributed by atoms with van der Waals surface area (Å²) in [4.78, 5) is 0. The Balaban J connectivity index is 2.12. The molecule has 0 N–H and O–H groups in total. The van der Waals surface area contributed by atoms with Crippen molar-refractivity contribution in [2.45, 2.75) is 19.3 Å². The molecule has 1 aromatic carbocycles. The van der Waals surface area contributed by atoms with Gasteiger partial charge in [0.1, 0.15) is 0 Å². The highest BCUT2D eigenvalue weighted by Crippen LogP contribution is 2.17. The van der Waals surface area contributed by atoms with Crippen LogP contribution in [-0.4, -0.2) is 25.8 Å². The zero-order valence-electron chi connectivity index (χ0n) is 10.0. The highest BCUT2D eigenvalue weighted by Gasteiger charge is 2.20. The van der Waals surface area contributed by atoms with Crippen molar-refractivity contribution in [2.75, 3.05) is 13.1 Å². The van der Waals surface area contributed by atoms with Gasteiger partial charge in [0.2, 0.25) is 10.0 Å². The largest absolute Gasteiger partial charge is 0.236 e. The fraction of sp³-hybridized carbons (Fsp3) is 0.385. The van der Waals surface area contributed by atoms with Crippen molar-refractivity contribution in [3.05, 3.63) is 39.7 Å². The van der Waals surface area contributed by atoms with Crippen molar-refractivity contribution >= 4 is 32.0 Å². The Labute approximate surface area is 117 Å². The van der Waals surface area contributed by atoms with E-state index in [1.54, 1.807) is 10.4 Å². The van der Waals surface area contributed by atoms with E-state index in [0.717, 1.165) is 29.3 Å². The topological polar surface area (TPSA) is 37.4 Å². The second-order valence-corrected chi connectivity index (χ2v) is 7.10. The van der Waals surface area contributed by atoms with E-state index in [0.29, 0.717) is 13.1 Å². The second-order valence-electron chi connectivity index (χ2n) is 4.36. The summed E-state index contributed by atoms with van der Waals surface area (Å²) in [5.41, 5.74) is 0.880. The molecule has 5 heteroatoms. The lowest BCUT2D eigenvalue weighted by Crippen LogP contribution is -2.34. The first-order valence-corrected chi connectivity index (χ1v) is 8.31. The third kappa shape index (κ3) is 3.67. The molecule has 1 aliphatic heterocycles. The van der Waals surface area contributed by atoms with Gasteiger partial charge in [0.05, 0.1) is 0 Å². The number of piperidine rings is 1. The molecule has 0 aliphatic carbocycles. The average Bonchev–Trinajstić information content (AvgIpc) is 2.38. The highest BCUT2D eigenvalue weighted by molar-refractivity contribution is 9.10. The number of hydrogen-bond donors (Lipinski definition) is 0. The van der Waals surface area contributed by atoms with E-state index in [-0.39, 0.29) is 0 Å². The zero-order chi connectivity index (χ0) is 13.0. The molecule has 1 aromatic rings. The molecular weight excluding hydrogens is 314 g/mol. The highest BCUT2D eigenvalue weighted by atomic mass is 79.9. The Morgan fingerprint density at radius 2 is 1.89 bits per heavy atom. The molecule has 0 bridgehead atoms. The quantitative estimate of drug-likeness (QED) is 0.853. The fourth-order valence-electron chi connectivity index (χ4n) is 1.98. The summed E-state index contributed by atoms with van der Waals surface area (Å²) in [6.45, 7) is 1.29. The van der Waals surface area contributed by atoms with Crippen LogP contribution in [0.3, 0.4) is 0 Å². The van der Waals surface area contributed by atoms with Crippen molar-refractivity contribution in [1.29, 1.82) is 0 Å². The molecule has 1 fully saturated rings. The lowest BCUT2D eigenvalue weighted by atomic mass is 10.2. The monoisotopic (exact) mass is 329 g/mol. The Bertz CT molecular complexity index is 534. The van der Waals surface area contributed by atoms with Crippen LogP contribution in [0.1, 0.15) is 24.8 Å². The Morgan fingerprint density at radius 3 is 2.56 bits per heavy atom. The zero-order valence-corrected chi connectivity index (χ0v) is 12.5. The Hall–Kier alpha value is -0.650. The number of halogens is 1. The van der Waals surface area contributed by atoms with Gasteiger partial charge in [-0.15, -0.1) is 0 Å². The van der Waals surface area contributed by atoms with Crippen LogP contribution in [0.4, 0.5) is 0 Å². The minimum Gasteiger partial charge on any atom is -0.208 e. The molecule has 0 unspecified atom stereocenters. The number of benzene rings is 1. The van der Waals surface area contributed by atoms with Gasteiger partial charge >= 0.3 is 0 Å². The fourth-order valence-corrected chi connectivity index (χ4v) is 3.67. The molecular formula is C13H16BrNO2S. The van der Waals surface area contributed by atoms with Gasteiger partial charge in [0, 0.05) is 23.0 Å². The molecule has 1 heterocycles. The van der Waals surface area contributed by atoms with E-state index in [9.17, 15) is 8.42 Å². The van der Waals surface area contributed by atoms with Crippen molar-refractivity contribution in [2.24, 2.45) is 0 Å². The predicted molar refractivity (Wildman–Crippen MR) is 77.5 cm³/mol. The summed E-state index contributed by atoms with van der Waals surface area (Å²) >= 11 is 3.37. The number of hydrogen-bond acceptors (Lipinski definition) is 2. The van der Waals surface area contributed by atoms with E-state index < -0.39 is 10.0 Å². The maximum absolute atomic E-state index is 12.1. The van der Waals surface area contributed by atoms with Crippen LogP contribution in [0.15, 0.2) is 34.1 Å². The van der Waals surface area contributed by atoms with Gasteiger partial charge in [-0.25, -0.2) is 8.42 Å². The van der Waals surface area contributed by atoms with Gasteiger partial charge in [-0.2, -0.15) is 4.31 Å². The summed E-state index contributed by atoms with van der Waals surface area (Å²) in [5, 5.41) is 1.31. The third-order valence-corrected chi connectivity index (χ3v) is 5.01. The first-order chi connectivity index (χ1) is 8.58. The van der Waals surface area contributed by atoms with Crippen LogP contribution in [-0.2, 0) is 10.0 Å². The van der Waals surface area contributed by atoms with E-state index in [1.807, 2.05) is 24.3 Å². The van der Waals surface area contributed by atoms with E-state index in [4.69, 9.17) is 0 Å². The molecule has 1 aliphatic rings. The van der Waals surface area contributed by atoms with Crippen LogP contribution >= 0.6 is 15.9 Å². The molecule has 0 aromatic heterocycles. The molecule has 2 rings (SSSR count). The van der Waals surface area contributed by atoms with Crippen molar-refractivity contribution in [1.82, 2.24) is 4.31 Å². The molecule has 0 radical (unpaired) electrons. The van der Waals surface area contributed by atoms with E-state index >= 15 is 0 Å². The lowest BCUT2D eigenvalue weighted by molar-refractivity contribution is 0.350. The lowest BCUT2D eigenvalue weighted by Gasteiger charge is -2.24. The normalized spacial score (nSPS) is 18.3. The smallest absolute Gasteiger partial charge is 0.208 e. The molecule has 0 amide bonds. The summed E-state index contributed by atoms with van der Waals surface area (Å²) in [6.07, 6.45) is 4.70. The van der Waals surface area contributed by atoms with E-state index in [1.165, 1.54) is 5.41 Å². The molecule has 3 nitrogen and oxygen atoms in total. The SMILES string of the molecule is O=S(=O)(/C=C/c1cccc(Br)c1)N1CCCCC1. The summed E-state index contributed by atoms with van der Waals surface area (Å²) in [6, 6.07) is 7.57. The maximum atomic E-state index is 12.1. The van der Waals surface area contributed by atoms with Crippen LogP contribution in [0, 0.1) is 0 Å². The summed E-state index contributed by atoms with van der Waals surface area (Å²) in [7, 11) is -3.26. The molecule has 98 valence electrons. The average molecular weight is 330 g/mol. The Morgan fingerprint density at radius 1 is 1.17 bits per heavy atom. The minimum atomic E-state index is -3.26. The molecule has 1 saturated heterocycles. The second kappa shape index (κ2) is 5.99. The van der Waals surface area contributed by atoms with Gasteiger partial charge in [0.15, 0.2) is 0 Å². The first kappa shape index (κ1) is 13.8. The number of rotatable bonds is 3. The van der Waals surface area contributed by atoms with Gasteiger partial charge in [-0.3, -0.25) is 0 Å². The maximum Gasteiger partial charge on any atom is 0.236 e. The summed E-state index contributed by atoms with van der Waals surface area (Å²) in [5.74, 6) is 0. The van der Waals surface area contributed by atoms with Gasteiger partial charge in [0.25, 0.3) is 0 Å². The summed E-state index contributed by atoms with van der Waals surface area (Å²) < 4.78 is 26.6. The predicted octanol–water partition coefficient (Wildman–Crippen LogP) is 3.24. The van der Waals surface area contributed by atoms with Crippen molar-refractivity contribution < 1.29 is 8.42 Å². The van der Waals surface area contributed by atoms with Crippen LogP contribution < -0.4 is 0 Å². The minimum absolute atomic E-state index is 0.644. The van der Waals surface area contributed by atoms with Crippen LogP contribution in [0.5, 0.6) is 0 Å². The molecule has 0 atom stereocenters. The van der Waals surface area contributed by atoms with Gasteiger partial charge < -0.3 is 0 Å². The number of nitrogens with zero attached hydrogens (tertiary/aromatic N) is 1. The molecule has 0 saturated carbocycles. The molecule has 18 heavy (non-hydrogen) atoms. The van der Waals surface area contributed by atoms with Gasteiger partial charge in [-0.1, -0.05) is 34.5 Å². The van der Waals surface area contributed by atoms with Crippen LogP contribution in [0.2, 0.25) is 0 Å². The van der Waals surface area contributed by atoms with E-state index in [2.05, 4.69) is 15.9 Å². The van der Waals surface area contributed by atoms with Gasteiger partial charge in [-0.05, 0) is 36.6 Å². The van der Waals surface area contributed by atoms with Crippen molar-refractivity contribution in [3.8, 4) is 0 Å². The Kier molecular flexibility index (Phi) is 4.59. The number of sulfonamides is 1. The molecule has 0 spiro atoms. The standard InChI is InChI=1S/C13H16BrNO2S/c14-13-6-4-5-12(11-13)7-10-18(16,17)15-8-2-1-3-9-15/h4-7,10-11H,1-3,8-9H2/b10-7+. The first-order valence-electron chi connectivity index (χ1n) is 6.02. The van der Waals surface area contributed by atoms with Crippen molar-refractivity contribution in [3.63, 3.8) is 0 Å². The third-order valence-electron chi connectivity index (χ3n) is 2.96. The van der Waals surface area contributed by atoms with Crippen LogP contribution in [0.25, 0.3) is 6.08 Å².